The minimum atomic E-state index is 0.555. The first-order valence-corrected chi connectivity index (χ1v) is 13.8. The normalized spacial score (nSPS) is 48.1. The van der Waals surface area contributed by atoms with E-state index in [1.54, 1.807) is 16.9 Å². The van der Waals surface area contributed by atoms with Crippen molar-refractivity contribution >= 4 is 10.5 Å². The Hall–Kier alpha value is 0.177. The fraction of sp³-hybridized carbons (Fsp3) is 1.00. The highest BCUT2D eigenvalue weighted by molar-refractivity contribution is 5.98. The lowest BCUT2D eigenvalue weighted by Gasteiger charge is -2.61. The van der Waals surface area contributed by atoms with E-state index in [0.29, 0.717) is 16.9 Å². The Morgan fingerprint density at radius 1 is 0.862 bits per heavy atom. The van der Waals surface area contributed by atoms with Crippen molar-refractivity contribution in [3.8, 4) is 0 Å². The predicted octanol–water partition coefficient (Wildman–Crippen LogP) is 7.04. The Labute approximate surface area is 185 Å². The molecule has 4 rings (SSSR count). The Morgan fingerprint density at radius 3 is 2.31 bits per heavy atom. The second-order valence-electron chi connectivity index (χ2n) is 12.8. The fourth-order valence-corrected chi connectivity index (χ4v) is 9.70. The lowest BCUT2D eigenvalue weighted by molar-refractivity contribution is -0.126. The zero-order chi connectivity index (χ0) is 20.8. The molecule has 9 unspecified atom stereocenters. The van der Waals surface area contributed by atoms with Gasteiger partial charge >= 0.3 is 0 Å². The van der Waals surface area contributed by atoms with Gasteiger partial charge < -0.3 is 4.43 Å². The van der Waals surface area contributed by atoms with Crippen LogP contribution in [0.4, 0.5) is 0 Å². The summed E-state index contributed by atoms with van der Waals surface area (Å²) in [4.78, 5) is 0. The molecule has 29 heavy (non-hydrogen) atoms. The molecule has 4 fully saturated rings. The molecule has 0 bridgehead atoms. The van der Waals surface area contributed by atoms with E-state index in [0.717, 1.165) is 41.4 Å². The van der Waals surface area contributed by atoms with Crippen LogP contribution in [0, 0.1) is 52.3 Å². The smallest absolute Gasteiger partial charge is 0.0135 e. The minimum absolute atomic E-state index is 0.555. The van der Waals surface area contributed by atoms with E-state index in [-0.39, 0.29) is 0 Å². The van der Waals surface area contributed by atoms with Gasteiger partial charge in [0.25, 0.3) is 0 Å². The average molecular weight is 418 g/mol. The van der Waals surface area contributed by atoms with Gasteiger partial charge in [0, 0.05) is 6.10 Å². The molecule has 0 aromatic rings. The van der Waals surface area contributed by atoms with Crippen LogP contribution >= 0.6 is 0 Å². The molecule has 0 heterocycles. The standard InChI is InChI=1S/C27H49OSi/c1-18(2)7-6-8-19(3)23-11-12-24-22-10-9-20-17-21(28-29)13-15-26(20,4)25(22)14-16-27(23,24)5/h18-25H,6-17,29H2,1-5H3/q-1. The van der Waals surface area contributed by atoms with Crippen molar-refractivity contribution in [3.63, 3.8) is 0 Å². The molecule has 0 aromatic heterocycles. The topological polar surface area (TPSA) is 9.23 Å². The molecule has 0 saturated heterocycles. The third kappa shape index (κ3) is 3.92. The van der Waals surface area contributed by atoms with E-state index < -0.39 is 0 Å². The summed E-state index contributed by atoms with van der Waals surface area (Å²) in [5.41, 5.74) is 1.26. The van der Waals surface area contributed by atoms with Crippen LogP contribution in [0.25, 0.3) is 0 Å². The molecule has 0 radical (unpaired) electrons. The second kappa shape index (κ2) is 8.61. The molecule has 1 nitrogen and oxygen atoms in total. The summed E-state index contributed by atoms with van der Waals surface area (Å²) in [6.45, 7) is 12.8. The lowest BCUT2D eigenvalue weighted by Crippen LogP contribution is -2.54. The molecule has 168 valence electrons. The molecule has 4 aliphatic carbocycles. The largest absolute Gasteiger partial charge is 0.594 e. The highest BCUT2D eigenvalue weighted by atomic mass is 28.2. The van der Waals surface area contributed by atoms with Crippen molar-refractivity contribution < 1.29 is 4.43 Å². The maximum absolute atomic E-state index is 5.82. The number of fused-ring (bicyclic) bond motifs is 5. The van der Waals surface area contributed by atoms with Crippen LogP contribution in [0.3, 0.4) is 0 Å². The Bertz CT molecular complexity index is 561. The number of hydrogen-bond donors (Lipinski definition) is 0. The second-order valence-corrected chi connectivity index (χ2v) is 13.1. The third-order valence-electron chi connectivity index (χ3n) is 11.1. The molecule has 4 aliphatic rings. The van der Waals surface area contributed by atoms with Gasteiger partial charge in [-0.3, -0.25) is 0 Å². The van der Waals surface area contributed by atoms with Crippen molar-refractivity contribution in [3.05, 3.63) is 0 Å². The monoisotopic (exact) mass is 417 g/mol. The SMILES string of the molecule is CC(C)CCCC(C)C1CCC2C3CCC4CC(O[SiH2-])CCC4(C)C3CCC12C. The van der Waals surface area contributed by atoms with E-state index in [9.17, 15) is 0 Å². The first-order chi connectivity index (χ1) is 13.8. The number of hydrogen-bond acceptors (Lipinski definition) is 1. The molecule has 2 heteroatoms. The van der Waals surface area contributed by atoms with Gasteiger partial charge in [-0.25, -0.2) is 0 Å². The minimum Gasteiger partial charge on any atom is -0.594 e. The van der Waals surface area contributed by atoms with E-state index in [4.69, 9.17) is 4.43 Å². The molecule has 4 saturated carbocycles. The van der Waals surface area contributed by atoms with Crippen molar-refractivity contribution in [1.29, 1.82) is 0 Å². The summed E-state index contributed by atoms with van der Waals surface area (Å²) >= 11 is 0. The quantitative estimate of drug-likeness (QED) is 0.421. The molecule has 0 amide bonds. The van der Waals surface area contributed by atoms with Gasteiger partial charge in [0.2, 0.25) is 0 Å². The van der Waals surface area contributed by atoms with Crippen molar-refractivity contribution in [2.24, 2.45) is 52.3 Å². The van der Waals surface area contributed by atoms with Crippen LogP contribution in [0.2, 0.25) is 0 Å². The Kier molecular flexibility index (Phi) is 6.64. The molecule has 9 atom stereocenters. The molecule has 0 N–H and O–H groups in total. The van der Waals surface area contributed by atoms with E-state index >= 15 is 0 Å². The van der Waals surface area contributed by atoms with Gasteiger partial charge in [0.15, 0.2) is 0 Å². The Morgan fingerprint density at radius 2 is 1.59 bits per heavy atom. The predicted molar refractivity (Wildman–Crippen MR) is 126 cm³/mol. The van der Waals surface area contributed by atoms with Gasteiger partial charge in [-0.05, 0) is 110 Å². The summed E-state index contributed by atoms with van der Waals surface area (Å²) in [6, 6.07) is 0. The highest BCUT2D eigenvalue weighted by Gasteiger charge is 2.60. The maximum atomic E-state index is 5.82. The fourth-order valence-electron chi connectivity index (χ4n) is 9.39. The first-order valence-electron chi connectivity index (χ1n) is 13.2. The zero-order valence-corrected chi connectivity index (χ0v) is 21.6. The van der Waals surface area contributed by atoms with Crippen LogP contribution in [0.1, 0.15) is 112 Å². The number of rotatable bonds is 6. The lowest BCUT2D eigenvalue weighted by atomic mass is 9.44. The van der Waals surface area contributed by atoms with E-state index in [1.165, 1.54) is 70.6 Å². The Balaban J connectivity index is 1.45. The summed E-state index contributed by atoms with van der Waals surface area (Å²) in [7, 11) is 1.73. The first kappa shape index (κ1) is 22.4. The summed E-state index contributed by atoms with van der Waals surface area (Å²) in [6.07, 6.45) is 18.1. The van der Waals surface area contributed by atoms with Crippen LogP contribution in [-0.2, 0) is 4.43 Å². The zero-order valence-electron chi connectivity index (χ0n) is 20.2. The molecule has 0 aromatic carbocycles. The molecule has 0 aliphatic heterocycles. The third-order valence-corrected chi connectivity index (χ3v) is 11.5. The van der Waals surface area contributed by atoms with Crippen molar-refractivity contribution in [1.82, 2.24) is 0 Å². The summed E-state index contributed by atoms with van der Waals surface area (Å²) < 4.78 is 5.82. The molecule has 0 spiro atoms. The van der Waals surface area contributed by atoms with Gasteiger partial charge in [0.1, 0.15) is 0 Å². The van der Waals surface area contributed by atoms with Gasteiger partial charge in [0.05, 0.1) is 0 Å². The van der Waals surface area contributed by atoms with E-state index in [1.807, 2.05) is 0 Å². The molecular formula is C27H49OSi-. The van der Waals surface area contributed by atoms with Gasteiger partial charge in [-0.2, -0.15) is 10.5 Å². The van der Waals surface area contributed by atoms with Gasteiger partial charge in [-0.1, -0.05) is 53.9 Å². The van der Waals surface area contributed by atoms with Crippen LogP contribution in [-0.4, -0.2) is 16.6 Å². The van der Waals surface area contributed by atoms with Crippen LogP contribution in [0.5, 0.6) is 0 Å². The molecular weight excluding hydrogens is 368 g/mol. The maximum Gasteiger partial charge on any atom is 0.0135 e. The van der Waals surface area contributed by atoms with Crippen LogP contribution < -0.4 is 0 Å². The van der Waals surface area contributed by atoms with Crippen molar-refractivity contribution in [2.75, 3.05) is 0 Å². The summed E-state index contributed by atoms with van der Waals surface area (Å²) in [5, 5.41) is 0. The van der Waals surface area contributed by atoms with Crippen LogP contribution in [0.15, 0.2) is 0 Å². The highest BCUT2D eigenvalue weighted by Crippen LogP contribution is 2.68. The van der Waals surface area contributed by atoms with E-state index in [2.05, 4.69) is 34.6 Å². The average Bonchev–Trinajstić information content (AvgIpc) is 3.04. The van der Waals surface area contributed by atoms with Gasteiger partial charge in [-0.15, -0.1) is 0 Å². The summed E-state index contributed by atoms with van der Waals surface area (Å²) in [5.74, 6) is 6.80. The van der Waals surface area contributed by atoms with Crippen molar-refractivity contribution in [2.45, 2.75) is 118 Å².